The van der Waals surface area contributed by atoms with E-state index in [1.807, 2.05) is 4.90 Å². The lowest BCUT2D eigenvalue weighted by Gasteiger charge is -2.28. The van der Waals surface area contributed by atoms with Crippen LogP contribution in [-0.2, 0) is 0 Å². The molecule has 0 bridgehead atoms. The fourth-order valence-electron chi connectivity index (χ4n) is 2.06. The van der Waals surface area contributed by atoms with Crippen LogP contribution >= 0.6 is 0 Å². The highest BCUT2D eigenvalue weighted by atomic mass is 19.1. The molecule has 7 heteroatoms. The molecule has 0 saturated carbocycles. The van der Waals surface area contributed by atoms with Crippen molar-refractivity contribution >= 4 is 5.82 Å². The van der Waals surface area contributed by atoms with Gasteiger partial charge in [-0.25, -0.2) is 14.4 Å². The van der Waals surface area contributed by atoms with Crippen LogP contribution in [0, 0.1) is 5.82 Å². The number of nitrogens with zero attached hydrogens (tertiary/aromatic N) is 5. The normalized spacial score (nSPS) is 15.5. The van der Waals surface area contributed by atoms with Gasteiger partial charge in [0.1, 0.15) is 17.7 Å². The summed E-state index contributed by atoms with van der Waals surface area (Å²) in [7, 11) is 0. The minimum absolute atomic E-state index is 0.191. The average Bonchev–Trinajstić information content (AvgIpc) is 2.49. The quantitative estimate of drug-likeness (QED) is 0.847. The van der Waals surface area contributed by atoms with E-state index in [1.165, 1.54) is 18.7 Å². The molecule has 98 valence electrons. The van der Waals surface area contributed by atoms with E-state index in [1.54, 1.807) is 6.20 Å². The first-order valence-electron chi connectivity index (χ1n) is 6.09. The molecule has 3 heterocycles. The van der Waals surface area contributed by atoms with E-state index in [0.717, 1.165) is 26.2 Å². The molecule has 0 aliphatic carbocycles. The second kappa shape index (κ2) is 5.23. The summed E-state index contributed by atoms with van der Waals surface area (Å²) in [5.41, 5.74) is 0.607. The Hall–Kier alpha value is -2.15. The van der Waals surface area contributed by atoms with E-state index in [2.05, 4.69) is 25.3 Å². The Labute approximate surface area is 109 Å². The molecule has 2 aromatic heterocycles. The van der Waals surface area contributed by atoms with Gasteiger partial charge in [0.2, 0.25) is 0 Å². The Balaban J connectivity index is 1.99. The molecule has 2 aromatic rings. The van der Waals surface area contributed by atoms with Crippen molar-refractivity contribution in [3.63, 3.8) is 0 Å². The summed E-state index contributed by atoms with van der Waals surface area (Å²) >= 11 is 0. The van der Waals surface area contributed by atoms with Gasteiger partial charge in [-0.1, -0.05) is 0 Å². The number of anilines is 1. The number of nitrogens with one attached hydrogen (secondary N) is 1. The summed E-state index contributed by atoms with van der Waals surface area (Å²) in [6, 6.07) is 0. The molecular formula is C12H13FN6. The Morgan fingerprint density at radius 1 is 1.11 bits per heavy atom. The zero-order valence-corrected chi connectivity index (χ0v) is 10.3. The summed E-state index contributed by atoms with van der Waals surface area (Å²) in [6.07, 6.45) is 5.92. The SMILES string of the molecule is Fc1c(-c2cnccn2)ncnc1N1CCNCC1. The van der Waals surface area contributed by atoms with Crippen molar-refractivity contribution in [2.75, 3.05) is 31.1 Å². The number of piperazine rings is 1. The van der Waals surface area contributed by atoms with E-state index < -0.39 is 5.82 Å². The Morgan fingerprint density at radius 3 is 2.68 bits per heavy atom. The molecule has 0 unspecified atom stereocenters. The zero-order valence-electron chi connectivity index (χ0n) is 10.3. The molecular weight excluding hydrogens is 247 g/mol. The van der Waals surface area contributed by atoms with Crippen LogP contribution in [0.5, 0.6) is 0 Å². The number of hydrogen-bond acceptors (Lipinski definition) is 6. The van der Waals surface area contributed by atoms with Gasteiger partial charge in [0.25, 0.3) is 0 Å². The van der Waals surface area contributed by atoms with Crippen molar-refractivity contribution in [2.45, 2.75) is 0 Å². The lowest BCUT2D eigenvalue weighted by Crippen LogP contribution is -2.44. The van der Waals surface area contributed by atoms with Crippen molar-refractivity contribution < 1.29 is 4.39 Å². The summed E-state index contributed by atoms with van der Waals surface area (Å²) in [4.78, 5) is 17.9. The van der Waals surface area contributed by atoms with Crippen LogP contribution in [0.1, 0.15) is 0 Å². The highest BCUT2D eigenvalue weighted by Crippen LogP contribution is 2.24. The minimum atomic E-state index is -0.440. The average molecular weight is 260 g/mol. The van der Waals surface area contributed by atoms with E-state index in [9.17, 15) is 4.39 Å². The third kappa shape index (κ3) is 2.37. The van der Waals surface area contributed by atoms with Crippen LogP contribution in [-0.4, -0.2) is 46.1 Å². The van der Waals surface area contributed by atoms with Gasteiger partial charge in [0.05, 0.1) is 6.20 Å². The predicted octanol–water partition coefficient (Wildman–Crippen LogP) is 0.482. The number of rotatable bonds is 2. The lowest BCUT2D eigenvalue weighted by molar-refractivity contribution is 0.557. The minimum Gasteiger partial charge on any atom is -0.352 e. The molecule has 1 N–H and O–H groups in total. The molecule has 0 aromatic carbocycles. The Kier molecular flexibility index (Phi) is 3.28. The van der Waals surface area contributed by atoms with Gasteiger partial charge < -0.3 is 10.2 Å². The maximum absolute atomic E-state index is 14.5. The zero-order chi connectivity index (χ0) is 13.1. The van der Waals surface area contributed by atoms with Crippen molar-refractivity contribution in [3.8, 4) is 11.4 Å². The third-order valence-corrected chi connectivity index (χ3v) is 2.99. The van der Waals surface area contributed by atoms with Crippen LogP contribution in [0.2, 0.25) is 0 Å². The van der Waals surface area contributed by atoms with E-state index in [0.29, 0.717) is 11.5 Å². The van der Waals surface area contributed by atoms with Crippen LogP contribution in [0.3, 0.4) is 0 Å². The first-order chi connectivity index (χ1) is 9.36. The molecule has 6 nitrogen and oxygen atoms in total. The maximum Gasteiger partial charge on any atom is 0.193 e. The molecule has 19 heavy (non-hydrogen) atoms. The second-order valence-corrected chi connectivity index (χ2v) is 4.19. The first-order valence-corrected chi connectivity index (χ1v) is 6.09. The van der Waals surface area contributed by atoms with Gasteiger partial charge in [-0.15, -0.1) is 0 Å². The molecule has 1 aliphatic heterocycles. The fourth-order valence-corrected chi connectivity index (χ4v) is 2.06. The standard InChI is InChI=1S/C12H13FN6/c13-10-11(9-7-15-1-2-16-9)17-8-18-12(10)19-5-3-14-4-6-19/h1-2,7-8,14H,3-6H2. The molecule has 3 rings (SSSR count). The van der Waals surface area contributed by atoms with E-state index in [4.69, 9.17) is 0 Å². The van der Waals surface area contributed by atoms with Crippen LogP contribution in [0.15, 0.2) is 24.9 Å². The molecule has 1 aliphatic rings. The van der Waals surface area contributed by atoms with Gasteiger partial charge in [0.15, 0.2) is 11.6 Å². The fraction of sp³-hybridized carbons (Fsp3) is 0.333. The van der Waals surface area contributed by atoms with Crippen LogP contribution in [0.25, 0.3) is 11.4 Å². The summed E-state index contributed by atoms with van der Waals surface area (Å²) in [6.45, 7) is 3.11. The molecule has 0 radical (unpaired) electrons. The second-order valence-electron chi connectivity index (χ2n) is 4.19. The molecule has 0 amide bonds. The number of halogens is 1. The van der Waals surface area contributed by atoms with Gasteiger partial charge in [-0.3, -0.25) is 9.97 Å². The molecule has 1 fully saturated rings. The van der Waals surface area contributed by atoms with E-state index >= 15 is 0 Å². The van der Waals surface area contributed by atoms with Crippen LogP contribution in [0.4, 0.5) is 10.2 Å². The smallest absolute Gasteiger partial charge is 0.193 e. The Morgan fingerprint density at radius 2 is 1.95 bits per heavy atom. The van der Waals surface area contributed by atoms with Crippen molar-refractivity contribution in [1.29, 1.82) is 0 Å². The van der Waals surface area contributed by atoms with Gasteiger partial charge in [-0.05, 0) is 0 Å². The molecule has 0 atom stereocenters. The lowest BCUT2D eigenvalue weighted by atomic mass is 10.2. The highest BCUT2D eigenvalue weighted by Gasteiger charge is 2.20. The maximum atomic E-state index is 14.5. The van der Waals surface area contributed by atoms with Crippen molar-refractivity contribution in [2.24, 2.45) is 0 Å². The van der Waals surface area contributed by atoms with Gasteiger partial charge in [0, 0.05) is 38.6 Å². The number of aromatic nitrogens is 4. The largest absolute Gasteiger partial charge is 0.352 e. The van der Waals surface area contributed by atoms with Crippen LogP contribution < -0.4 is 10.2 Å². The van der Waals surface area contributed by atoms with E-state index in [-0.39, 0.29) is 5.69 Å². The summed E-state index contributed by atoms with van der Waals surface area (Å²) < 4.78 is 14.5. The third-order valence-electron chi connectivity index (χ3n) is 2.99. The monoisotopic (exact) mass is 260 g/mol. The summed E-state index contributed by atoms with van der Waals surface area (Å²) in [5, 5.41) is 3.22. The first kappa shape index (κ1) is 11.9. The highest BCUT2D eigenvalue weighted by molar-refractivity contribution is 5.59. The number of hydrogen-bond donors (Lipinski definition) is 1. The summed E-state index contributed by atoms with van der Waals surface area (Å²) in [5.74, 6) is -0.109. The molecule has 0 spiro atoms. The van der Waals surface area contributed by atoms with Gasteiger partial charge in [-0.2, -0.15) is 0 Å². The van der Waals surface area contributed by atoms with Crippen molar-refractivity contribution in [1.82, 2.24) is 25.3 Å². The van der Waals surface area contributed by atoms with Crippen molar-refractivity contribution in [3.05, 3.63) is 30.7 Å². The predicted molar refractivity (Wildman–Crippen MR) is 68.1 cm³/mol. The topological polar surface area (TPSA) is 66.8 Å². The molecule has 1 saturated heterocycles. The van der Waals surface area contributed by atoms with Gasteiger partial charge >= 0.3 is 0 Å². The Bertz CT molecular complexity index is 555.